The number of nitrogens with one attached hydrogen (secondary N) is 2. The second-order valence-corrected chi connectivity index (χ2v) is 9.31. The van der Waals surface area contributed by atoms with Gasteiger partial charge < -0.3 is 15.0 Å². The molecule has 2 amide bonds. The highest BCUT2D eigenvalue weighted by Gasteiger charge is 2.27. The van der Waals surface area contributed by atoms with E-state index in [9.17, 15) is 9.59 Å². The van der Waals surface area contributed by atoms with Crippen molar-refractivity contribution in [3.05, 3.63) is 59.8 Å². The standard InChI is InChI=1S/C28H42N4O4/c1-6-24(30-20-22(4)15-16-25(33)31-36-26-14-10-11-19-35-26)32(5)27(21(2)3)28(34)29-18-17-23-12-8-7-9-13-23/h7-9,12-13,15-16,20-21,26-27H,6,10-11,14,17-19H2,1-5H3,(H,29,34)(H,31,33)/b16-15+,22-20+,30-24?/t26?,27-/m1/s1. The maximum atomic E-state index is 13.0. The van der Waals surface area contributed by atoms with Crippen LogP contribution in [0.25, 0.3) is 0 Å². The van der Waals surface area contributed by atoms with Crippen LogP contribution in [0.4, 0.5) is 0 Å². The lowest BCUT2D eigenvalue weighted by atomic mass is 10.0. The van der Waals surface area contributed by atoms with Crippen molar-refractivity contribution in [2.75, 3.05) is 20.2 Å². The van der Waals surface area contributed by atoms with E-state index in [2.05, 4.69) is 27.9 Å². The van der Waals surface area contributed by atoms with E-state index in [1.165, 1.54) is 11.6 Å². The number of hydrogen-bond donors (Lipinski definition) is 2. The van der Waals surface area contributed by atoms with E-state index in [1.807, 2.05) is 57.8 Å². The van der Waals surface area contributed by atoms with Crippen molar-refractivity contribution in [1.82, 2.24) is 15.7 Å². The molecule has 8 heteroatoms. The van der Waals surface area contributed by atoms with Crippen molar-refractivity contribution < 1.29 is 19.2 Å². The molecular formula is C28H42N4O4. The van der Waals surface area contributed by atoms with E-state index >= 15 is 0 Å². The Hall–Kier alpha value is -2.97. The van der Waals surface area contributed by atoms with Crippen molar-refractivity contribution in [2.45, 2.75) is 72.1 Å². The van der Waals surface area contributed by atoms with E-state index in [-0.39, 0.29) is 30.1 Å². The summed E-state index contributed by atoms with van der Waals surface area (Å²) in [5, 5.41) is 3.08. The fourth-order valence-electron chi connectivity index (χ4n) is 3.99. The molecule has 1 saturated heterocycles. The SMILES string of the molecule is CCC(=N/C=C(C)/C=C/C(=O)NOC1CCCCO1)N(C)[C@@H](C(=O)NCCc1ccccc1)C(C)C. The molecule has 2 N–H and O–H groups in total. The number of hydroxylamine groups is 1. The van der Waals surface area contributed by atoms with E-state index in [0.717, 1.165) is 37.1 Å². The molecule has 1 unspecified atom stereocenters. The molecule has 8 nitrogen and oxygen atoms in total. The molecule has 1 heterocycles. The number of allylic oxidation sites excluding steroid dienone is 2. The zero-order valence-corrected chi connectivity index (χ0v) is 22.3. The van der Waals surface area contributed by atoms with Crippen LogP contribution >= 0.6 is 0 Å². The Kier molecular flexibility index (Phi) is 12.9. The van der Waals surface area contributed by atoms with Crippen LogP contribution in [-0.4, -0.2) is 55.1 Å². The molecule has 0 spiro atoms. The number of nitrogens with zero attached hydrogens (tertiary/aromatic N) is 2. The average Bonchev–Trinajstić information content (AvgIpc) is 2.87. The molecule has 0 saturated carbocycles. The van der Waals surface area contributed by atoms with Crippen LogP contribution in [-0.2, 0) is 25.6 Å². The minimum Gasteiger partial charge on any atom is -0.354 e. The average molecular weight is 499 g/mol. The first-order chi connectivity index (χ1) is 17.3. The number of ether oxygens (including phenoxy) is 1. The van der Waals surface area contributed by atoms with Gasteiger partial charge in [0.2, 0.25) is 5.91 Å². The number of benzene rings is 1. The van der Waals surface area contributed by atoms with E-state index in [0.29, 0.717) is 19.6 Å². The minimum atomic E-state index is -0.385. The summed E-state index contributed by atoms with van der Waals surface area (Å²) in [7, 11) is 1.90. The number of likely N-dealkylation sites (N-methyl/N-ethyl adjacent to an activating group) is 1. The lowest BCUT2D eigenvalue weighted by Crippen LogP contribution is -2.50. The van der Waals surface area contributed by atoms with E-state index < -0.39 is 0 Å². The Morgan fingerprint density at radius 3 is 2.61 bits per heavy atom. The predicted molar refractivity (Wildman–Crippen MR) is 143 cm³/mol. The van der Waals surface area contributed by atoms with Gasteiger partial charge in [-0.05, 0) is 43.2 Å². The molecule has 36 heavy (non-hydrogen) atoms. The number of hydrogen-bond acceptors (Lipinski definition) is 5. The van der Waals surface area contributed by atoms with Crippen LogP contribution in [0.15, 0.2) is 59.2 Å². The number of amidine groups is 1. The molecule has 0 bridgehead atoms. The fourth-order valence-corrected chi connectivity index (χ4v) is 3.99. The number of amides is 2. The van der Waals surface area contributed by atoms with Crippen LogP contribution < -0.4 is 10.8 Å². The van der Waals surface area contributed by atoms with Gasteiger partial charge in [-0.1, -0.05) is 57.2 Å². The molecule has 0 aromatic heterocycles. The van der Waals surface area contributed by atoms with Gasteiger partial charge in [0, 0.05) is 45.3 Å². The molecule has 1 aromatic carbocycles. The van der Waals surface area contributed by atoms with Crippen molar-refractivity contribution >= 4 is 17.6 Å². The number of carbonyl (C=O) groups is 2. The highest BCUT2D eigenvalue weighted by molar-refractivity contribution is 5.90. The highest BCUT2D eigenvalue weighted by Crippen LogP contribution is 2.14. The first-order valence-electron chi connectivity index (χ1n) is 12.8. The summed E-state index contributed by atoms with van der Waals surface area (Å²) in [6.45, 7) is 9.18. The Morgan fingerprint density at radius 2 is 1.97 bits per heavy atom. The van der Waals surface area contributed by atoms with Crippen LogP contribution in [0.2, 0.25) is 0 Å². The van der Waals surface area contributed by atoms with E-state index in [1.54, 1.807) is 12.3 Å². The number of rotatable bonds is 12. The molecular weight excluding hydrogens is 456 g/mol. The maximum Gasteiger partial charge on any atom is 0.267 e. The second-order valence-electron chi connectivity index (χ2n) is 9.31. The van der Waals surface area contributed by atoms with Gasteiger partial charge in [-0.25, -0.2) is 15.3 Å². The smallest absolute Gasteiger partial charge is 0.267 e. The Labute approximate surface area is 215 Å². The van der Waals surface area contributed by atoms with Gasteiger partial charge in [-0.2, -0.15) is 0 Å². The van der Waals surface area contributed by atoms with Crippen molar-refractivity contribution in [3.8, 4) is 0 Å². The zero-order chi connectivity index (χ0) is 26.3. The van der Waals surface area contributed by atoms with Gasteiger partial charge in [0.05, 0.1) is 0 Å². The molecule has 0 aliphatic carbocycles. The number of carbonyl (C=O) groups excluding carboxylic acids is 2. The van der Waals surface area contributed by atoms with Crippen molar-refractivity contribution in [1.29, 1.82) is 0 Å². The molecule has 1 fully saturated rings. The molecule has 1 aliphatic heterocycles. The van der Waals surface area contributed by atoms with Gasteiger partial charge in [0.25, 0.3) is 5.91 Å². The summed E-state index contributed by atoms with van der Waals surface area (Å²) in [6.07, 6.45) is 8.66. The topological polar surface area (TPSA) is 92.3 Å². The monoisotopic (exact) mass is 498 g/mol. The lowest BCUT2D eigenvalue weighted by molar-refractivity contribution is -0.198. The molecule has 1 aromatic rings. The van der Waals surface area contributed by atoms with Crippen LogP contribution in [0.3, 0.4) is 0 Å². The number of aliphatic imine (C=N–C) groups is 1. The third-order valence-electron chi connectivity index (χ3n) is 5.94. The normalized spacial score (nSPS) is 17.8. The molecule has 0 radical (unpaired) electrons. The van der Waals surface area contributed by atoms with Crippen LogP contribution in [0.5, 0.6) is 0 Å². The molecule has 198 valence electrons. The lowest BCUT2D eigenvalue weighted by Gasteiger charge is -2.32. The predicted octanol–water partition coefficient (Wildman–Crippen LogP) is 4.14. The minimum absolute atomic E-state index is 0.0104. The Bertz CT molecular complexity index is 905. The summed E-state index contributed by atoms with van der Waals surface area (Å²) < 4.78 is 5.42. The Morgan fingerprint density at radius 1 is 1.22 bits per heavy atom. The fraction of sp³-hybridized carbons (Fsp3) is 0.536. The molecule has 2 rings (SSSR count). The molecule has 1 aliphatic rings. The maximum absolute atomic E-state index is 13.0. The first kappa shape index (κ1) is 29.3. The van der Waals surface area contributed by atoms with Gasteiger partial charge in [-0.15, -0.1) is 0 Å². The van der Waals surface area contributed by atoms with Crippen molar-refractivity contribution in [3.63, 3.8) is 0 Å². The zero-order valence-electron chi connectivity index (χ0n) is 22.3. The Balaban J connectivity index is 1.92. The van der Waals surface area contributed by atoms with Gasteiger partial charge in [0.1, 0.15) is 11.9 Å². The summed E-state index contributed by atoms with van der Waals surface area (Å²) >= 11 is 0. The third kappa shape index (κ3) is 10.3. The second kappa shape index (κ2) is 15.9. The first-order valence-corrected chi connectivity index (χ1v) is 12.8. The largest absolute Gasteiger partial charge is 0.354 e. The van der Waals surface area contributed by atoms with Crippen molar-refractivity contribution in [2.24, 2.45) is 10.9 Å². The van der Waals surface area contributed by atoms with E-state index in [4.69, 9.17) is 9.57 Å². The molecule has 2 atom stereocenters. The summed E-state index contributed by atoms with van der Waals surface area (Å²) in [4.78, 5) is 36.9. The van der Waals surface area contributed by atoms with Crippen LogP contribution in [0, 0.1) is 5.92 Å². The van der Waals surface area contributed by atoms with Gasteiger partial charge in [-0.3, -0.25) is 9.59 Å². The summed E-state index contributed by atoms with van der Waals surface area (Å²) in [5.74, 6) is 0.525. The van der Waals surface area contributed by atoms with Crippen LogP contribution in [0.1, 0.15) is 58.9 Å². The quantitative estimate of drug-likeness (QED) is 0.149. The summed E-state index contributed by atoms with van der Waals surface area (Å²) in [6, 6.07) is 9.77. The third-order valence-corrected chi connectivity index (χ3v) is 5.94. The summed E-state index contributed by atoms with van der Waals surface area (Å²) in [5.41, 5.74) is 4.39. The van der Waals surface area contributed by atoms with Gasteiger partial charge in [0.15, 0.2) is 6.29 Å². The van der Waals surface area contributed by atoms with Gasteiger partial charge >= 0.3 is 0 Å². The highest BCUT2D eigenvalue weighted by atomic mass is 16.8.